The van der Waals surface area contributed by atoms with E-state index in [1.54, 1.807) is 4.90 Å². The zero-order chi connectivity index (χ0) is 14.7. The first-order chi connectivity index (χ1) is 9.47. The second-order valence-electron chi connectivity index (χ2n) is 4.70. The van der Waals surface area contributed by atoms with Crippen LogP contribution in [0.1, 0.15) is 29.6 Å². The second-order valence-corrected chi connectivity index (χ2v) is 5.45. The monoisotopic (exact) mass is 317 g/mol. The SMILES string of the molecule is O=C(O)CC1CCN(C(=O)c2cc(Cl)nnc2Cl)CC1. The summed E-state index contributed by atoms with van der Waals surface area (Å²) in [6.45, 7) is 1.01. The number of hydrogen-bond donors (Lipinski definition) is 1. The number of hydrogen-bond acceptors (Lipinski definition) is 4. The first-order valence-electron chi connectivity index (χ1n) is 6.17. The number of aromatic nitrogens is 2. The first-order valence-corrected chi connectivity index (χ1v) is 6.92. The number of carboxylic acids is 1. The van der Waals surface area contributed by atoms with Gasteiger partial charge in [-0.2, -0.15) is 0 Å². The number of carbonyl (C=O) groups excluding carboxylic acids is 1. The van der Waals surface area contributed by atoms with E-state index in [1.165, 1.54) is 6.07 Å². The summed E-state index contributed by atoms with van der Waals surface area (Å²) in [6.07, 6.45) is 1.48. The molecule has 0 unspecified atom stereocenters. The number of likely N-dealkylation sites (tertiary alicyclic amines) is 1. The van der Waals surface area contributed by atoms with Crippen LogP contribution in [-0.4, -0.2) is 45.2 Å². The lowest BCUT2D eigenvalue weighted by Crippen LogP contribution is -2.39. The Morgan fingerprint density at radius 2 is 1.95 bits per heavy atom. The second kappa shape index (κ2) is 6.37. The third-order valence-electron chi connectivity index (χ3n) is 3.31. The van der Waals surface area contributed by atoms with Crippen LogP contribution in [0.15, 0.2) is 6.07 Å². The van der Waals surface area contributed by atoms with Gasteiger partial charge in [0, 0.05) is 19.5 Å². The van der Waals surface area contributed by atoms with Gasteiger partial charge in [-0.25, -0.2) is 0 Å². The molecule has 1 aliphatic heterocycles. The van der Waals surface area contributed by atoms with E-state index in [0.29, 0.717) is 25.9 Å². The molecule has 0 atom stereocenters. The highest BCUT2D eigenvalue weighted by atomic mass is 35.5. The van der Waals surface area contributed by atoms with Gasteiger partial charge in [-0.05, 0) is 24.8 Å². The van der Waals surface area contributed by atoms with Crippen LogP contribution in [0.2, 0.25) is 10.3 Å². The number of amides is 1. The lowest BCUT2D eigenvalue weighted by atomic mass is 9.93. The van der Waals surface area contributed by atoms with Crippen molar-refractivity contribution in [2.45, 2.75) is 19.3 Å². The number of carbonyl (C=O) groups is 2. The summed E-state index contributed by atoms with van der Waals surface area (Å²) in [6, 6.07) is 1.39. The van der Waals surface area contributed by atoms with Gasteiger partial charge in [-0.15, -0.1) is 10.2 Å². The fourth-order valence-corrected chi connectivity index (χ4v) is 2.58. The fourth-order valence-electron chi connectivity index (χ4n) is 2.26. The highest BCUT2D eigenvalue weighted by Crippen LogP contribution is 2.24. The van der Waals surface area contributed by atoms with E-state index in [-0.39, 0.29) is 34.1 Å². The van der Waals surface area contributed by atoms with Gasteiger partial charge >= 0.3 is 5.97 Å². The van der Waals surface area contributed by atoms with E-state index in [9.17, 15) is 9.59 Å². The van der Waals surface area contributed by atoms with Crippen LogP contribution < -0.4 is 0 Å². The summed E-state index contributed by atoms with van der Waals surface area (Å²) in [4.78, 5) is 24.6. The maximum atomic E-state index is 12.3. The molecule has 8 heteroatoms. The molecule has 1 aliphatic rings. The summed E-state index contributed by atoms with van der Waals surface area (Å²) in [5, 5.41) is 16.1. The topological polar surface area (TPSA) is 83.4 Å². The molecule has 0 saturated carbocycles. The van der Waals surface area contributed by atoms with Crippen LogP contribution in [0.25, 0.3) is 0 Å². The zero-order valence-corrected chi connectivity index (χ0v) is 12.1. The van der Waals surface area contributed by atoms with Crippen molar-refractivity contribution in [2.24, 2.45) is 5.92 Å². The zero-order valence-electron chi connectivity index (χ0n) is 10.6. The number of nitrogens with zero attached hydrogens (tertiary/aromatic N) is 3. The molecule has 1 fully saturated rings. The van der Waals surface area contributed by atoms with Crippen molar-refractivity contribution in [3.63, 3.8) is 0 Å². The Morgan fingerprint density at radius 3 is 2.55 bits per heavy atom. The molecule has 20 heavy (non-hydrogen) atoms. The number of carboxylic acid groups (broad SMARTS) is 1. The highest BCUT2D eigenvalue weighted by Gasteiger charge is 2.26. The lowest BCUT2D eigenvalue weighted by Gasteiger charge is -2.31. The molecule has 1 N–H and O–H groups in total. The van der Waals surface area contributed by atoms with Crippen LogP contribution in [-0.2, 0) is 4.79 Å². The molecule has 1 amide bonds. The van der Waals surface area contributed by atoms with Gasteiger partial charge in [0.2, 0.25) is 0 Å². The van der Waals surface area contributed by atoms with Crippen LogP contribution in [0.4, 0.5) is 0 Å². The fraction of sp³-hybridized carbons (Fsp3) is 0.500. The minimum Gasteiger partial charge on any atom is -0.481 e. The molecular weight excluding hydrogens is 305 g/mol. The van der Waals surface area contributed by atoms with Crippen molar-refractivity contribution in [1.82, 2.24) is 15.1 Å². The highest BCUT2D eigenvalue weighted by molar-refractivity contribution is 6.34. The van der Waals surface area contributed by atoms with Gasteiger partial charge in [0.15, 0.2) is 10.3 Å². The molecule has 108 valence electrons. The third-order valence-corrected chi connectivity index (χ3v) is 3.78. The molecule has 6 nitrogen and oxygen atoms in total. The molecule has 1 aromatic rings. The number of halogens is 2. The normalized spacial score (nSPS) is 16.2. The van der Waals surface area contributed by atoms with Crippen LogP contribution >= 0.6 is 23.2 Å². The van der Waals surface area contributed by atoms with Crippen molar-refractivity contribution in [3.8, 4) is 0 Å². The van der Waals surface area contributed by atoms with E-state index in [2.05, 4.69) is 10.2 Å². The molecule has 1 aromatic heterocycles. The molecule has 0 aliphatic carbocycles. The number of piperidine rings is 1. The van der Waals surface area contributed by atoms with E-state index < -0.39 is 5.97 Å². The Morgan fingerprint density at radius 1 is 1.30 bits per heavy atom. The summed E-state index contributed by atoms with van der Waals surface area (Å²) in [7, 11) is 0. The van der Waals surface area contributed by atoms with E-state index >= 15 is 0 Å². The smallest absolute Gasteiger partial charge is 0.303 e. The maximum Gasteiger partial charge on any atom is 0.303 e. The Kier molecular flexibility index (Phi) is 4.77. The third kappa shape index (κ3) is 3.58. The molecule has 2 heterocycles. The van der Waals surface area contributed by atoms with Crippen molar-refractivity contribution >= 4 is 35.1 Å². The average molecular weight is 318 g/mol. The summed E-state index contributed by atoms with van der Waals surface area (Å²) in [5.74, 6) is -0.935. The predicted octanol–water partition coefficient (Wildman–Crippen LogP) is 2.11. The van der Waals surface area contributed by atoms with Gasteiger partial charge in [0.05, 0.1) is 5.56 Å². The van der Waals surface area contributed by atoms with Crippen molar-refractivity contribution in [2.75, 3.05) is 13.1 Å². The first kappa shape index (κ1) is 15.0. The minimum atomic E-state index is -0.803. The van der Waals surface area contributed by atoms with Crippen LogP contribution in [0.3, 0.4) is 0 Å². The Labute approximate surface area is 125 Å². The Bertz CT molecular complexity index is 531. The van der Waals surface area contributed by atoms with Crippen LogP contribution in [0.5, 0.6) is 0 Å². The molecule has 0 spiro atoms. The maximum absolute atomic E-state index is 12.3. The summed E-state index contributed by atoms with van der Waals surface area (Å²) < 4.78 is 0. The molecule has 2 rings (SSSR count). The molecule has 1 saturated heterocycles. The minimum absolute atomic E-state index is 0.0204. The molecule has 0 radical (unpaired) electrons. The van der Waals surface area contributed by atoms with Crippen molar-refractivity contribution < 1.29 is 14.7 Å². The largest absolute Gasteiger partial charge is 0.481 e. The number of aliphatic carboxylic acids is 1. The van der Waals surface area contributed by atoms with Gasteiger partial charge in [0.1, 0.15) is 0 Å². The van der Waals surface area contributed by atoms with Gasteiger partial charge < -0.3 is 10.0 Å². The van der Waals surface area contributed by atoms with E-state index in [1.807, 2.05) is 0 Å². The standard InChI is InChI=1S/C12H13Cl2N3O3/c13-9-6-8(11(14)16-15-9)12(20)17-3-1-7(2-4-17)5-10(18)19/h6-7H,1-5H2,(H,18,19). The van der Waals surface area contributed by atoms with Crippen LogP contribution in [0, 0.1) is 5.92 Å². The molecule has 0 bridgehead atoms. The Hall–Kier alpha value is -1.40. The van der Waals surface area contributed by atoms with E-state index in [0.717, 1.165) is 0 Å². The predicted molar refractivity (Wildman–Crippen MR) is 72.9 cm³/mol. The average Bonchev–Trinajstić information content (AvgIpc) is 2.41. The van der Waals surface area contributed by atoms with Gasteiger partial charge in [0.25, 0.3) is 5.91 Å². The van der Waals surface area contributed by atoms with Gasteiger partial charge in [-0.1, -0.05) is 23.2 Å². The summed E-state index contributed by atoms with van der Waals surface area (Å²) in [5.41, 5.74) is 0.225. The van der Waals surface area contributed by atoms with Gasteiger partial charge in [-0.3, -0.25) is 9.59 Å². The Balaban J connectivity index is 2.01. The number of rotatable bonds is 3. The lowest BCUT2D eigenvalue weighted by molar-refractivity contribution is -0.138. The molecule has 0 aromatic carbocycles. The molecular formula is C12H13Cl2N3O3. The van der Waals surface area contributed by atoms with Crippen molar-refractivity contribution in [3.05, 3.63) is 21.9 Å². The van der Waals surface area contributed by atoms with Crippen molar-refractivity contribution in [1.29, 1.82) is 0 Å². The summed E-state index contributed by atoms with van der Waals surface area (Å²) >= 11 is 11.6. The van der Waals surface area contributed by atoms with E-state index in [4.69, 9.17) is 28.3 Å². The quantitative estimate of drug-likeness (QED) is 0.923.